The van der Waals surface area contributed by atoms with Gasteiger partial charge < -0.3 is 25.1 Å². The predicted octanol–water partition coefficient (Wildman–Crippen LogP) is 1.94. The van der Waals surface area contributed by atoms with Crippen molar-refractivity contribution < 1.29 is 34.5 Å². The van der Waals surface area contributed by atoms with Gasteiger partial charge in [0.25, 0.3) is 0 Å². The summed E-state index contributed by atoms with van der Waals surface area (Å²) in [4.78, 5) is 29.7. The second-order valence-corrected chi connectivity index (χ2v) is 6.47. The van der Waals surface area contributed by atoms with E-state index in [2.05, 4.69) is 4.76 Å². The lowest BCUT2D eigenvalue weighted by Gasteiger charge is -2.18. The summed E-state index contributed by atoms with van der Waals surface area (Å²) in [6, 6.07) is 6.28. The molecule has 1 aromatic carbocycles. The molecule has 0 spiro atoms. The van der Waals surface area contributed by atoms with Gasteiger partial charge in [0.05, 0.1) is 5.71 Å². The van der Waals surface area contributed by atoms with E-state index in [1.807, 2.05) is 0 Å². The predicted molar refractivity (Wildman–Crippen MR) is 85.8 cm³/mol. The van der Waals surface area contributed by atoms with Gasteiger partial charge in [-0.3, -0.25) is 4.79 Å². The van der Waals surface area contributed by atoms with Crippen LogP contribution in [0.2, 0.25) is 0 Å². The average molecular weight is 353 g/mol. The van der Waals surface area contributed by atoms with E-state index in [0.717, 1.165) is 17.7 Å². The number of hydrogen-bond donors (Lipinski definition) is 5. The molecule has 1 aliphatic rings. The first-order valence-corrected chi connectivity index (χ1v) is 8.50. The summed E-state index contributed by atoms with van der Waals surface area (Å²) in [6.45, 7) is 0. The van der Waals surface area contributed by atoms with Gasteiger partial charge in [0.1, 0.15) is 23.2 Å². The molecule has 0 unspecified atom stereocenters. The number of aryl methyl sites for hydroxylation is 1. The number of aromatic hydroxyl groups is 1. The first-order chi connectivity index (χ1) is 11.2. The van der Waals surface area contributed by atoms with Gasteiger partial charge in [-0.1, -0.05) is 12.1 Å². The summed E-state index contributed by atoms with van der Waals surface area (Å²) in [6.07, 6.45) is 2.24. The molecule has 8 nitrogen and oxygen atoms in total. The SMILES string of the molecule is O=C(CCc1ccc(O)cc1)C1C(O)=CC(=NP(=O)(O)O)C=C1O. The maximum atomic E-state index is 12.2. The van der Waals surface area contributed by atoms with E-state index in [0.29, 0.717) is 6.42 Å². The molecule has 5 N–H and O–H groups in total. The van der Waals surface area contributed by atoms with Gasteiger partial charge >= 0.3 is 7.75 Å². The first-order valence-electron chi connectivity index (χ1n) is 6.93. The third kappa shape index (κ3) is 4.79. The zero-order chi connectivity index (χ0) is 17.9. The Morgan fingerprint density at radius 1 is 1.04 bits per heavy atom. The minimum Gasteiger partial charge on any atom is -0.511 e. The van der Waals surface area contributed by atoms with E-state index in [1.54, 1.807) is 12.1 Å². The van der Waals surface area contributed by atoms with E-state index >= 15 is 0 Å². The Balaban J connectivity index is 2.09. The Hall–Kier alpha value is -2.41. The molecule has 1 aromatic rings. The normalized spacial score (nSPS) is 17.9. The number of ketones is 1. The Kier molecular flexibility index (Phi) is 5.23. The molecule has 1 aliphatic carbocycles. The van der Waals surface area contributed by atoms with Crippen LogP contribution in [0.1, 0.15) is 12.0 Å². The van der Waals surface area contributed by atoms with Crippen molar-refractivity contribution in [2.24, 2.45) is 10.7 Å². The third-order valence-corrected chi connectivity index (χ3v) is 3.84. The lowest BCUT2D eigenvalue weighted by atomic mass is 9.90. The van der Waals surface area contributed by atoms with Crippen molar-refractivity contribution in [3.63, 3.8) is 0 Å². The summed E-state index contributed by atoms with van der Waals surface area (Å²) < 4.78 is 13.9. The fourth-order valence-electron chi connectivity index (χ4n) is 2.28. The minimum atomic E-state index is -4.72. The second-order valence-electron chi connectivity index (χ2n) is 5.24. The fraction of sp³-hybridized carbons (Fsp3) is 0.200. The van der Waals surface area contributed by atoms with E-state index in [-0.39, 0.29) is 17.9 Å². The largest absolute Gasteiger partial charge is 0.511 e. The van der Waals surface area contributed by atoms with Crippen LogP contribution in [-0.4, -0.2) is 36.6 Å². The standard InChI is InChI=1S/C15H16NO7P/c17-11-4-1-9(2-5-11)3-6-12(18)15-13(19)7-10(8-14(15)20)16-24(21,22)23/h1-2,4-5,7-8,15,17,19-20H,3,6H2,(H2,21,22,23). The van der Waals surface area contributed by atoms with Crippen LogP contribution in [0.4, 0.5) is 0 Å². The molecule has 0 aromatic heterocycles. The molecule has 9 heteroatoms. The number of allylic oxidation sites excluding steroid dienone is 2. The van der Waals surface area contributed by atoms with Gasteiger partial charge in [0.15, 0.2) is 5.78 Å². The van der Waals surface area contributed by atoms with Gasteiger partial charge in [0, 0.05) is 18.6 Å². The quantitative estimate of drug-likeness (QED) is 0.508. The van der Waals surface area contributed by atoms with Crippen LogP contribution in [0.25, 0.3) is 0 Å². The number of aliphatic hydroxyl groups is 2. The molecular weight excluding hydrogens is 337 g/mol. The number of benzene rings is 1. The first kappa shape index (κ1) is 17.9. The minimum absolute atomic E-state index is 0.0240. The number of hydrogen-bond acceptors (Lipinski definition) is 5. The maximum Gasteiger partial charge on any atom is 0.449 e. The Morgan fingerprint density at radius 2 is 1.58 bits per heavy atom. The number of rotatable bonds is 5. The monoisotopic (exact) mass is 353 g/mol. The van der Waals surface area contributed by atoms with Crippen LogP contribution in [0.15, 0.2) is 52.7 Å². The maximum absolute atomic E-state index is 12.2. The number of Topliss-reactive ketones (excluding diaryl/α,β-unsaturated/α-hetero) is 1. The molecule has 0 atom stereocenters. The van der Waals surface area contributed by atoms with Crippen molar-refractivity contribution in [3.8, 4) is 5.75 Å². The lowest BCUT2D eigenvalue weighted by Crippen LogP contribution is -2.23. The average Bonchev–Trinajstić information content (AvgIpc) is 2.44. The van der Waals surface area contributed by atoms with Gasteiger partial charge in [-0.25, -0.2) is 4.57 Å². The topological polar surface area (TPSA) is 148 Å². The number of phenols is 1. The molecule has 0 bridgehead atoms. The summed E-state index contributed by atoms with van der Waals surface area (Å²) in [5.41, 5.74) is 0.480. The number of carbonyl (C=O) groups excluding carboxylic acids is 1. The zero-order valence-corrected chi connectivity index (χ0v) is 13.3. The van der Waals surface area contributed by atoms with Gasteiger partial charge in [-0.2, -0.15) is 4.76 Å². The van der Waals surface area contributed by atoms with Gasteiger partial charge in [-0.05, 0) is 24.1 Å². The van der Waals surface area contributed by atoms with Crippen LogP contribution in [0, 0.1) is 5.92 Å². The molecule has 24 heavy (non-hydrogen) atoms. The molecule has 0 saturated carbocycles. The van der Waals surface area contributed by atoms with Gasteiger partial charge in [0.2, 0.25) is 0 Å². The molecule has 0 radical (unpaired) electrons. The number of carbonyl (C=O) groups is 1. The van der Waals surface area contributed by atoms with Crippen molar-refractivity contribution in [2.45, 2.75) is 12.8 Å². The zero-order valence-electron chi connectivity index (χ0n) is 12.4. The third-order valence-electron chi connectivity index (χ3n) is 3.35. The highest BCUT2D eigenvalue weighted by Crippen LogP contribution is 2.37. The highest BCUT2D eigenvalue weighted by atomic mass is 31.2. The van der Waals surface area contributed by atoms with E-state index in [1.165, 1.54) is 12.1 Å². The highest BCUT2D eigenvalue weighted by Gasteiger charge is 2.30. The van der Waals surface area contributed by atoms with Crippen molar-refractivity contribution in [1.29, 1.82) is 0 Å². The molecule has 0 fully saturated rings. The van der Waals surface area contributed by atoms with E-state index in [9.17, 15) is 24.7 Å². The molecular formula is C15H16NO7P. The molecule has 0 amide bonds. The van der Waals surface area contributed by atoms with Crippen molar-refractivity contribution in [3.05, 3.63) is 53.5 Å². The summed E-state index contributed by atoms with van der Waals surface area (Å²) >= 11 is 0. The second kappa shape index (κ2) is 7.00. The summed E-state index contributed by atoms with van der Waals surface area (Å²) in [5, 5.41) is 29.0. The van der Waals surface area contributed by atoms with E-state index in [4.69, 9.17) is 9.79 Å². The molecule has 0 heterocycles. The van der Waals surface area contributed by atoms with Crippen LogP contribution in [-0.2, 0) is 15.8 Å². The van der Waals surface area contributed by atoms with Crippen molar-refractivity contribution in [1.82, 2.24) is 0 Å². The number of aliphatic hydroxyl groups excluding tert-OH is 2. The van der Waals surface area contributed by atoms with Gasteiger partial charge in [-0.15, -0.1) is 0 Å². The fourth-order valence-corrected chi connectivity index (χ4v) is 2.69. The highest BCUT2D eigenvalue weighted by molar-refractivity contribution is 7.50. The molecule has 128 valence electrons. The van der Waals surface area contributed by atoms with E-state index < -0.39 is 31.0 Å². The number of nitrogens with zero attached hydrogens (tertiary/aromatic N) is 1. The summed E-state index contributed by atoms with van der Waals surface area (Å²) in [7, 11) is -4.72. The Labute approximate surface area is 137 Å². The van der Waals surface area contributed by atoms with Crippen LogP contribution < -0.4 is 0 Å². The van der Waals surface area contributed by atoms with Crippen LogP contribution in [0.5, 0.6) is 5.75 Å². The summed E-state index contributed by atoms with van der Waals surface area (Å²) in [5.74, 6) is -2.69. The lowest BCUT2D eigenvalue weighted by molar-refractivity contribution is -0.122. The Morgan fingerprint density at radius 3 is 2.08 bits per heavy atom. The van der Waals surface area contributed by atoms with Crippen LogP contribution in [0.3, 0.4) is 0 Å². The molecule has 2 rings (SSSR count). The molecule has 0 aliphatic heterocycles. The van der Waals surface area contributed by atoms with Crippen molar-refractivity contribution >= 4 is 19.2 Å². The smallest absolute Gasteiger partial charge is 0.449 e. The Bertz CT molecular complexity index is 752. The number of phenolic OH excluding ortho intramolecular Hbond substituents is 1. The molecule has 0 saturated heterocycles. The van der Waals surface area contributed by atoms with Crippen molar-refractivity contribution in [2.75, 3.05) is 0 Å². The van der Waals surface area contributed by atoms with Crippen LogP contribution >= 0.6 is 7.75 Å².